The second-order valence-electron chi connectivity index (χ2n) is 6.91. The van der Waals surface area contributed by atoms with E-state index in [9.17, 15) is 18.0 Å². The third-order valence-corrected chi connectivity index (χ3v) is 6.82. The number of hydrogen-bond acceptors (Lipinski definition) is 7. The van der Waals surface area contributed by atoms with E-state index >= 15 is 0 Å². The molecule has 0 aliphatic heterocycles. The Hall–Kier alpha value is -3.65. The molecule has 0 saturated heterocycles. The monoisotopic (exact) mass is 495 g/mol. The molecular weight excluding hydrogens is 474 g/mol. The van der Waals surface area contributed by atoms with Gasteiger partial charge in [0, 0.05) is 11.4 Å². The van der Waals surface area contributed by atoms with Crippen LogP contribution in [0, 0.1) is 11.3 Å². The molecule has 34 heavy (non-hydrogen) atoms. The Bertz CT molecular complexity index is 1310. The number of esters is 1. The number of carbonyl (C=O) groups excluding carboxylic acids is 2. The number of benzene rings is 3. The topological polar surface area (TPSA) is 125 Å². The summed E-state index contributed by atoms with van der Waals surface area (Å²) in [6, 6.07) is 23.4. The van der Waals surface area contributed by atoms with Crippen molar-refractivity contribution in [3.8, 4) is 6.07 Å². The molecular formula is C24H21N3O5S2. The van der Waals surface area contributed by atoms with Crippen LogP contribution in [0.1, 0.15) is 15.9 Å². The molecule has 0 spiro atoms. The molecule has 0 aliphatic carbocycles. The van der Waals surface area contributed by atoms with Crippen molar-refractivity contribution in [2.24, 2.45) is 0 Å². The Labute approximate surface area is 202 Å². The van der Waals surface area contributed by atoms with E-state index in [1.165, 1.54) is 36.0 Å². The minimum absolute atomic E-state index is 0.000335. The predicted molar refractivity (Wildman–Crippen MR) is 129 cm³/mol. The molecule has 0 atom stereocenters. The number of rotatable bonds is 10. The number of amides is 1. The molecule has 0 heterocycles. The van der Waals surface area contributed by atoms with Crippen molar-refractivity contribution >= 4 is 39.3 Å². The maximum absolute atomic E-state index is 12.6. The van der Waals surface area contributed by atoms with E-state index in [4.69, 9.17) is 10.00 Å². The number of hydrogen-bond donors (Lipinski definition) is 2. The van der Waals surface area contributed by atoms with Crippen molar-refractivity contribution in [2.75, 3.05) is 17.7 Å². The molecule has 10 heteroatoms. The molecule has 0 aromatic heterocycles. The van der Waals surface area contributed by atoms with Crippen molar-refractivity contribution in [1.82, 2.24) is 4.72 Å². The zero-order valence-electron chi connectivity index (χ0n) is 17.9. The lowest BCUT2D eigenvalue weighted by molar-refractivity contribution is -0.119. The second kappa shape index (κ2) is 12.0. The van der Waals surface area contributed by atoms with E-state index in [0.29, 0.717) is 10.6 Å². The van der Waals surface area contributed by atoms with Gasteiger partial charge in [0.15, 0.2) is 6.61 Å². The quantitative estimate of drug-likeness (QED) is 0.325. The number of anilines is 1. The van der Waals surface area contributed by atoms with Crippen LogP contribution in [0.4, 0.5) is 5.69 Å². The third kappa shape index (κ3) is 7.18. The van der Waals surface area contributed by atoms with Crippen LogP contribution in [0.2, 0.25) is 0 Å². The van der Waals surface area contributed by atoms with E-state index in [1.807, 2.05) is 12.1 Å². The summed E-state index contributed by atoms with van der Waals surface area (Å²) in [5.74, 6) is -1.17. The summed E-state index contributed by atoms with van der Waals surface area (Å²) in [5.41, 5.74) is 1.29. The molecule has 3 aromatic carbocycles. The van der Waals surface area contributed by atoms with E-state index < -0.39 is 28.5 Å². The normalized spacial score (nSPS) is 10.8. The molecule has 0 aliphatic rings. The van der Waals surface area contributed by atoms with Gasteiger partial charge in [-0.1, -0.05) is 48.5 Å². The Kier molecular flexibility index (Phi) is 8.81. The van der Waals surface area contributed by atoms with Crippen LogP contribution in [0.5, 0.6) is 0 Å². The SMILES string of the molecule is N#CCSc1ccccc1NC(=O)COC(=O)c1cccc(S(=O)(=O)NCc2ccccc2)c1. The van der Waals surface area contributed by atoms with Gasteiger partial charge < -0.3 is 10.1 Å². The van der Waals surface area contributed by atoms with Crippen LogP contribution in [-0.2, 0) is 26.1 Å². The summed E-state index contributed by atoms with van der Waals surface area (Å²) in [4.78, 5) is 25.3. The average molecular weight is 496 g/mol. The zero-order chi connectivity index (χ0) is 24.4. The lowest BCUT2D eigenvalue weighted by atomic mass is 10.2. The minimum Gasteiger partial charge on any atom is -0.452 e. The minimum atomic E-state index is -3.86. The van der Waals surface area contributed by atoms with Gasteiger partial charge in [0.05, 0.1) is 28.0 Å². The van der Waals surface area contributed by atoms with Gasteiger partial charge in [0.25, 0.3) is 5.91 Å². The molecule has 0 fully saturated rings. The summed E-state index contributed by atoms with van der Waals surface area (Å²) >= 11 is 1.27. The number of nitrogens with one attached hydrogen (secondary N) is 2. The van der Waals surface area contributed by atoms with Gasteiger partial charge in [-0.3, -0.25) is 4.79 Å². The molecule has 3 rings (SSSR count). The van der Waals surface area contributed by atoms with Gasteiger partial charge in [-0.05, 0) is 35.9 Å². The summed E-state index contributed by atoms with van der Waals surface area (Å²) in [7, 11) is -3.86. The molecule has 174 valence electrons. The molecule has 3 aromatic rings. The van der Waals surface area contributed by atoms with Crippen LogP contribution < -0.4 is 10.0 Å². The van der Waals surface area contributed by atoms with Gasteiger partial charge >= 0.3 is 5.97 Å². The van der Waals surface area contributed by atoms with Crippen LogP contribution >= 0.6 is 11.8 Å². The van der Waals surface area contributed by atoms with E-state index in [-0.39, 0.29) is 22.8 Å². The predicted octanol–water partition coefficient (Wildman–Crippen LogP) is 3.58. The number of sulfonamides is 1. The van der Waals surface area contributed by atoms with E-state index in [2.05, 4.69) is 10.0 Å². The van der Waals surface area contributed by atoms with Gasteiger partial charge in [0.2, 0.25) is 10.0 Å². The average Bonchev–Trinajstić information content (AvgIpc) is 2.86. The van der Waals surface area contributed by atoms with Crippen molar-refractivity contribution in [3.05, 3.63) is 90.0 Å². The number of thioether (sulfide) groups is 1. The van der Waals surface area contributed by atoms with Crippen molar-refractivity contribution in [1.29, 1.82) is 5.26 Å². The van der Waals surface area contributed by atoms with Gasteiger partial charge in [-0.15, -0.1) is 11.8 Å². The Morgan fingerprint density at radius 1 is 0.971 bits per heavy atom. The fourth-order valence-electron chi connectivity index (χ4n) is 2.85. The highest BCUT2D eigenvalue weighted by Gasteiger charge is 2.18. The lowest BCUT2D eigenvalue weighted by Crippen LogP contribution is -2.24. The van der Waals surface area contributed by atoms with Gasteiger partial charge in [-0.25, -0.2) is 17.9 Å². The number of ether oxygens (including phenoxy) is 1. The maximum atomic E-state index is 12.6. The van der Waals surface area contributed by atoms with Gasteiger partial charge in [-0.2, -0.15) is 5.26 Å². The first-order valence-electron chi connectivity index (χ1n) is 10.1. The van der Waals surface area contributed by atoms with E-state index in [0.717, 1.165) is 5.56 Å². The number of nitriles is 1. The highest BCUT2D eigenvalue weighted by atomic mass is 32.2. The first-order chi connectivity index (χ1) is 16.4. The summed E-state index contributed by atoms with van der Waals surface area (Å²) in [6.07, 6.45) is 0. The highest BCUT2D eigenvalue weighted by molar-refractivity contribution is 7.99. The standard InChI is InChI=1S/C24H21N3O5S2/c25-13-14-33-22-12-5-4-11-21(22)27-23(28)17-32-24(29)19-9-6-10-20(15-19)34(30,31)26-16-18-7-2-1-3-8-18/h1-12,15,26H,14,16-17H2,(H,27,28). The molecule has 0 saturated carbocycles. The van der Waals surface area contributed by atoms with Gasteiger partial charge in [0.1, 0.15) is 0 Å². The number of carbonyl (C=O) groups is 2. The van der Waals surface area contributed by atoms with Crippen LogP contribution in [-0.4, -0.2) is 32.7 Å². The Balaban J connectivity index is 1.59. The molecule has 1 amide bonds. The third-order valence-electron chi connectivity index (χ3n) is 4.48. The van der Waals surface area contributed by atoms with Crippen molar-refractivity contribution in [2.45, 2.75) is 16.3 Å². The van der Waals surface area contributed by atoms with Crippen molar-refractivity contribution in [3.63, 3.8) is 0 Å². The molecule has 0 unspecified atom stereocenters. The smallest absolute Gasteiger partial charge is 0.338 e. The maximum Gasteiger partial charge on any atom is 0.338 e. The molecule has 0 radical (unpaired) electrons. The summed E-state index contributed by atoms with van der Waals surface area (Å²) in [5, 5.41) is 11.4. The largest absolute Gasteiger partial charge is 0.452 e. The second-order valence-corrected chi connectivity index (χ2v) is 9.69. The Morgan fingerprint density at radius 2 is 1.71 bits per heavy atom. The summed E-state index contributed by atoms with van der Waals surface area (Å²) < 4.78 is 32.8. The van der Waals surface area contributed by atoms with Crippen molar-refractivity contribution < 1.29 is 22.7 Å². The highest BCUT2D eigenvalue weighted by Crippen LogP contribution is 2.26. The molecule has 0 bridgehead atoms. The first-order valence-corrected chi connectivity index (χ1v) is 12.6. The summed E-state index contributed by atoms with van der Waals surface area (Å²) in [6.45, 7) is -0.453. The lowest BCUT2D eigenvalue weighted by Gasteiger charge is -2.11. The molecule has 8 nitrogen and oxygen atoms in total. The molecule has 2 N–H and O–H groups in total. The van der Waals surface area contributed by atoms with Crippen LogP contribution in [0.3, 0.4) is 0 Å². The van der Waals surface area contributed by atoms with E-state index in [1.54, 1.807) is 48.5 Å². The van der Waals surface area contributed by atoms with Crippen LogP contribution in [0.25, 0.3) is 0 Å². The fourth-order valence-corrected chi connectivity index (χ4v) is 4.59. The fraction of sp³-hybridized carbons (Fsp3) is 0.125. The number of nitrogens with zero attached hydrogens (tertiary/aromatic N) is 1. The first kappa shape index (κ1) is 25.0. The van der Waals surface area contributed by atoms with Crippen LogP contribution in [0.15, 0.2) is 88.7 Å². The Morgan fingerprint density at radius 3 is 2.47 bits per heavy atom. The number of para-hydroxylation sites is 1. The zero-order valence-corrected chi connectivity index (χ0v) is 19.6.